The maximum Gasteiger partial charge on any atom is 0.229 e. The number of phenols is 1. The van der Waals surface area contributed by atoms with Crippen molar-refractivity contribution >= 4 is 28.7 Å². The van der Waals surface area contributed by atoms with E-state index in [2.05, 4.69) is 22.2 Å². The number of rotatable bonds is 4. The minimum absolute atomic E-state index is 0.0168. The normalized spacial score (nSPS) is 16.0. The summed E-state index contributed by atoms with van der Waals surface area (Å²) in [5.74, 6) is -0.0135. The smallest absolute Gasteiger partial charge is 0.229 e. The Balaban J connectivity index is 1.68. The van der Waals surface area contributed by atoms with Gasteiger partial charge in [0.25, 0.3) is 0 Å². The van der Waals surface area contributed by atoms with Crippen molar-refractivity contribution in [3.63, 3.8) is 0 Å². The number of piperidine rings is 1. The summed E-state index contributed by atoms with van der Waals surface area (Å²) < 4.78 is 0. The molecule has 0 bridgehead atoms. The number of hydrogen-bond acceptors (Lipinski definition) is 6. The van der Waals surface area contributed by atoms with Crippen LogP contribution in [0.1, 0.15) is 23.2 Å². The van der Waals surface area contributed by atoms with Gasteiger partial charge in [-0.05, 0) is 50.7 Å². The van der Waals surface area contributed by atoms with Crippen molar-refractivity contribution in [2.24, 2.45) is 5.92 Å². The molecule has 0 unspecified atom stereocenters. The Hall–Kier alpha value is -2.25. The molecule has 3 rings (SSSR count). The van der Waals surface area contributed by atoms with Crippen molar-refractivity contribution in [1.29, 1.82) is 0 Å². The van der Waals surface area contributed by atoms with Gasteiger partial charge in [-0.15, -0.1) is 0 Å². The zero-order valence-electron chi connectivity index (χ0n) is 13.4. The van der Waals surface area contributed by atoms with Crippen LogP contribution in [-0.2, 0) is 4.79 Å². The fraction of sp³-hybridized carbons (Fsp3) is 0.353. The number of carbonyl (C=O) groups excluding carboxylic acids is 2. The number of benzene rings is 1. The van der Waals surface area contributed by atoms with Crippen LogP contribution in [0, 0.1) is 5.92 Å². The van der Waals surface area contributed by atoms with Crippen molar-refractivity contribution in [2.45, 2.75) is 12.8 Å². The largest absolute Gasteiger partial charge is 0.507 e. The molecule has 0 saturated carbocycles. The minimum Gasteiger partial charge on any atom is -0.507 e. The number of thiazole rings is 1. The molecular formula is C17H19N3O3S. The Morgan fingerprint density at radius 2 is 2.17 bits per heavy atom. The molecule has 0 spiro atoms. The summed E-state index contributed by atoms with van der Waals surface area (Å²) in [6.07, 6.45) is 3.99. The van der Waals surface area contributed by atoms with Gasteiger partial charge in [0, 0.05) is 12.1 Å². The van der Waals surface area contributed by atoms with E-state index in [1.54, 1.807) is 18.3 Å². The van der Waals surface area contributed by atoms with E-state index < -0.39 is 0 Å². The summed E-state index contributed by atoms with van der Waals surface area (Å²) in [5, 5.41) is 13.2. The van der Waals surface area contributed by atoms with Gasteiger partial charge in [-0.1, -0.05) is 17.4 Å². The third-order valence-electron chi connectivity index (χ3n) is 4.27. The Morgan fingerprint density at radius 3 is 2.83 bits per heavy atom. The molecule has 6 nitrogen and oxygen atoms in total. The monoisotopic (exact) mass is 345 g/mol. The average Bonchev–Trinajstić information content (AvgIpc) is 3.04. The van der Waals surface area contributed by atoms with Crippen LogP contribution in [0.15, 0.2) is 24.4 Å². The maximum atomic E-state index is 12.3. The molecular weight excluding hydrogens is 326 g/mol. The van der Waals surface area contributed by atoms with Gasteiger partial charge in [0.15, 0.2) is 11.4 Å². The number of phenolic OH excluding ortho intramolecular Hbond substituents is 1. The lowest BCUT2D eigenvalue weighted by molar-refractivity contribution is -0.121. The van der Waals surface area contributed by atoms with Crippen LogP contribution < -0.4 is 5.32 Å². The first-order valence-corrected chi connectivity index (χ1v) is 8.62. The molecule has 1 aromatic carbocycles. The maximum absolute atomic E-state index is 12.3. The molecule has 0 radical (unpaired) electrons. The van der Waals surface area contributed by atoms with E-state index >= 15 is 0 Å². The summed E-state index contributed by atoms with van der Waals surface area (Å²) in [4.78, 5) is 30.3. The first-order chi connectivity index (χ1) is 11.6. The van der Waals surface area contributed by atoms with E-state index in [1.807, 2.05) is 0 Å². The van der Waals surface area contributed by atoms with Gasteiger partial charge < -0.3 is 15.3 Å². The summed E-state index contributed by atoms with van der Waals surface area (Å²) >= 11 is 1.35. The first kappa shape index (κ1) is 16.6. The molecule has 24 heavy (non-hydrogen) atoms. The van der Waals surface area contributed by atoms with E-state index in [-0.39, 0.29) is 23.1 Å². The number of hydrogen-bond donors (Lipinski definition) is 2. The lowest BCUT2D eigenvalue weighted by atomic mass is 9.96. The van der Waals surface area contributed by atoms with Crippen molar-refractivity contribution < 1.29 is 14.7 Å². The Bertz CT molecular complexity index is 751. The highest BCUT2D eigenvalue weighted by molar-refractivity contribution is 7.19. The quantitative estimate of drug-likeness (QED) is 0.833. The summed E-state index contributed by atoms with van der Waals surface area (Å²) in [5.41, 5.74) is 1.01. The van der Waals surface area contributed by atoms with Gasteiger partial charge in [-0.3, -0.25) is 9.59 Å². The van der Waals surface area contributed by atoms with E-state index in [0.717, 1.165) is 36.4 Å². The molecule has 1 amide bonds. The SMILES string of the molecule is CN1CCC(C(=O)Nc2ncc(-c3ccc(C=O)c(O)c3)s2)CC1. The van der Waals surface area contributed by atoms with Gasteiger partial charge >= 0.3 is 0 Å². The molecule has 1 aliphatic rings. The molecule has 2 heterocycles. The van der Waals surface area contributed by atoms with Gasteiger partial charge in [-0.2, -0.15) is 0 Å². The van der Waals surface area contributed by atoms with E-state index in [4.69, 9.17) is 0 Å². The Morgan fingerprint density at radius 1 is 1.42 bits per heavy atom. The first-order valence-electron chi connectivity index (χ1n) is 7.80. The fourth-order valence-corrected chi connectivity index (χ4v) is 3.56. The van der Waals surface area contributed by atoms with Crippen molar-refractivity contribution in [3.8, 4) is 16.2 Å². The van der Waals surface area contributed by atoms with Gasteiger partial charge in [-0.25, -0.2) is 4.98 Å². The molecule has 1 fully saturated rings. The molecule has 1 saturated heterocycles. The molecule has 0 aliphatic carbocycles. The molecule has 0 atom stereocenters. The van der Waals surface area contributed by atoms with E-state index in [9.17, 15) is 14.7 Å². The zero-order chi connectivity index (χ0) is 17.1. The molecule has 126 valence electrons. The molecule has 7 heteroatoms. The third kappa shape index (κ3) is 3.63. The number of amides is 1. The van der Waals surface area contributed by atoms with Crippen LogP contribution >= 0.6 is 11.3 Å². The number of anilines is 1. The van der Waals surface area contributed by atoms with Gasteiger partial charge in [0.05, 0.1) is 10.4 Å². The lowest BCUT2D eigenvalue weighted by Gasteiger charge is -2.27. The second-order valence-corrected chi connectivity index (χ2v) is 7.02. The third-order valence-corrected chi connectivity index (χ3v) is 5.23. The standard InChI is InChI=1S/C17H19N3O3S/c1-20-6-4-11(5-7-20)16(23)19-17-18-9-15(24-17)12-2-3-13(10-21)14(22)8-12/h2-3,8-11,22H,4-7H2,1H3,(H,18,19,23). The second kappa shape index (κ2) is 7.11. The fourth-order valence-electron chi connectivity index (χ4n) is 2.74. The highest BCUT2D eigenvalue weighted by Gasteiger charge is 2.24. The van der Waals surface area contributed by atoms with Gasteiger partial charge in [0.2, 0.25) is 5.91 Å². The molecule has 2 N–H and O–H groups in total. The number of carbonyl (C=O) groups is 2. The van der Waals surface area contributed by atoms with E-state index in [1.165, 1.54) is 17.4 Å². The second-order valence-electron chi connectivity index (χ2n) is 5.99. The molecule has 2 aromatic rings. The number of aromatic hydroxyl groups is 1. The highest BCUT2D eigenvalue weighted by Crippen LogP contribution is 2.32. The number of aldehydes is 1. The number of nitrogens with one attached hydrogen (secondary N) is 1. The van der Waals surface area contributed by atoms with Crippen LogP contribution in [0.25, 0.3) is 10.4 Å². The molecule has 1 aliphatic heterocycles. The van der Waals surface area contributed by atoms with Crippen molar-refractivity contribution in [2.75, 3.05) is 25.5 Å². The predicted octanol–water partition coefficient (Wildman–Crippen LogP) is 2.61. The van der Waals surface area contributed by atoms with Gasteiger partial charge in [0.1, 0.15) is 5.75 Å². The Kier molecular flexibility index (Phi) is 4.92. The highest BCUT2D eigenvalue weighted by atomic mass is 32.1. The summed E-state index contributed by atoms with van der Waals surface area (Å²) in [6, 6.07) is 4.84. The van der Waals surface area contributed by atoms with Crippen LogP contribution in [0.5, 0.6) is 5.75 Å². The van der Waals surface area contributed by atoms with Crippen LogP contribution in [0.4, 0.5) is 5.13 Å². The summed E-state index contributed by atoms with van der Waals surface area (Å²) in [7, 11) is 2.06. The van der Waals surface area contributed by atoms with Crippen LogP contribution in [0.2, 0.25) is 0 Å². The number of likely N-dealkylation sites (tertiary alicyclic amines) is 1. The number of aromatic nitrogens is 1. The van der Waals surface area contributed by atoms with Crippen molar-refractivity contribution in [1.82, 2.24) is 9.88 Å². The predicted molar refractivity (Wildman–Crippen MR) is 93.5 cm³/mol. The topological polar surface area (TPSA) is 82.5 Å². The lowest BCUT2D eigenvalue weighted by Crippen LogP contribution is -2.35. The summed E-state index contributed by atoms with van der Waals surface area (Å²) in [6.45, 7) is 1.87. The molecule has 1 aromatic heterocycles. The van der Waals surface area contributed by atoms with Crippen molar-refractivity contribution in [3.05, 3.63) is 30.0 Å². The Labute approximate surface area is 144 Å². The van der Waals surface area contributed by atoms with Crippen LogP contribution in [0.3, 0.4) is 0 Å². The zero-order valence-corrected chi connectivity index (χ0v) is 14.2. The van der Waals surface area contributed by atoms with Crippen LogP contribution in [-0.4, -0.2) is 47.3 Å². The minimum atomic E-state index is -0.0622. The number of nitrogens with zero attached hydrogens (tertiary/aromatic N) is 2. The van der Waals surface area contributed by atoms with E-state index in [0.29, 0.717) is 11.4 Å². The average molecular weight is 345 g/mol.